The van der Waals surface area contributed by atoms with Gasteiger partial charge in [-0.2, -0.15) is 8.78 Å². The van der Waals surface area contributed by atoms with E-state index in [1.807, 2.05) is 0 Å². The van der Waals surface area contributed by atoms with Crippen LogP contribution in [0.2, 0.25) is 0 Å². The Kier molecular flexibility index (Phi) is 6.03. The van der Waals surface area contributed by atoms with Gasteiger partial charge in [-0.05, 0) is 48.5 Å². The minimum absolute atomic E-state index is 0.0220. The van der Waals surface area contributed by atoms with Crippen LogP contribution in [0.3, 0.4) is 0 Å². The number of aryl methyl sites for hydroxylation is 1. The summed E-state index contributed by atoms with van der Waals surface area (Å²) in [7, 11) is 1.60. The van der Waals surface area contributed by atoms with Crippen LogP contribution in [0.4, 0.5) is 20.2 Å². The molecule has 0 spiro atoms. The third-order valence-corrected chi connectivity index (χ3v) is 5.53. The first-order chi connectivity index (χ1) is 17.4. The number of ether oxygens (including phenoxy) is 2. The van der Waals surface area contributed by atoms with E-state index in [2.05, 4.69) is 20.3 Å². The molecule has 0 unspecified atom stereocenters. The van der Waals surface area contributed by atoms with Crippen molar-refractivity contribution in [1.29, 1.82) is 0 Å². The lowest BCUT2D eigenvalue weighted by molar-refractivity contribution is -0.0498. The molecule has 0 radical (unpaired) electrons. The number of rotatable bonds is 7. The molecule has 5 aromatic rings. The van der Waals surface area contributed by atoms with Crippen molar-refractivity contribution in [3.8, 4) is 5.75 Å². The lowest BCUT2D eigenvalue weighted by atomic mass is 10.1. The van der Waals surface area contributed by atoms with Crippen LogP contribution in [-0.4, -0.2) is 31.7 Å². The molecule has 0 aliphatic carbocycles. The summed E-state index contributed by atoms with van der Waals surface area (Å²) in [5.41, 5.74) is 1.68. The summed E-state index contributed by atoms with van der Waals surface area (Å²) >= 11 is 0. The van der Waals surface area contributed by atoms with Gasteiger partial charge in [-0.3, -0.25) is 13.8 Å². The Labute approximate surface area is 202 Å². The van der Waals surface area contributed by atoms with Gasteiger partial charge in [0.2, 0.25) is 5.78 Å². The van der Waals surface area contributed by atoms with Crippen molar-refractivity contribution in [2.24, 2.45) is 7.05 Å². The number of alkyl halides is 2. The average molecular weight is 491 g/mol. The van der Waals surface area contributed by atoms with Crippen LogP contribution < -0.4 is 15.6 Å². The number of esters is 1. The molecule has 1 N–H and O–H groups in total. The molecule has 0 atom stereocenters. The number of hydrogen-bond acceptors (Lipinski definition) is 7. The van der Waals surface area contributed by atoms with E-state index in [-0.39, 0.29) is 23.5 Å². The number of benzene rings is 3. The number of nitrogens with zero attached hydrogens (tertiary/aromatic N) is 4. The molecular formula is C25H19F2N5O4. The second-order valence-corrected chi connectivity index (χ2v) is 7.78. The van der Waals surface area contributed by atoms with Crippen molar-refractivity contribution < 1.29 is 23.0 Å². The first-order valence-electron chi connectivity index (χ1n) is 10.8. The maximum Gasteiger partial charge on any atom is 0.387 e. The van der Waals surface area contributed by atoms with E-state index >= 15 is 0 Å². The molecule has 0 aliphatic rings. The van der Waals surface area contributed by atoms with Crippen LogP contribution in [0.15, 0.2) is 77.6 Å². The third-order valence-electron chi connectivity index (χ3n) is 5.53. The zero-order valence-electron chi connectivity index (χ0n) is 18.9. The number of aromatic nitrogens is 4. The number of para-hydroxylation sites is 2. The smallest absolute Gasteiger partial charge is 0.387 e. The Morgan fingerprint density at radius 3 is 2.50 bits per heavy atom. The number of anilines is 2. The van der Waals surface area contributed by atoms with Crippen molar-refractivity contribution in [2.75, 3.05) is 5.32 Å². The summed E-state index contributed by atoms with van der Waals surface area (Å²) in [6.07, 6.45) is 0. The molecule has 182 valence electrons. The summed E-state index contributed by atoms with van der Waals surface area (Å²) in [5.74, 6) is 0.0896. The Morgan fingerprint density at radius 1 is 1.00 bits per heavy atom. The molecule has 9 nitrogen and oxygen atoms in total. The van der Waals surface area contributed by atoms with Crippen LogP contribution in [0.5, 0.6) is 5.75 Å². The van der Waals surface area contributed by atoms with E-state index in [0.29, 0.717) is 33.9 Å². The van der Waals surface area contributed by atoms with E-state index in [0.717, 1.165) is 0 Å². The van der Waals surface area contributed by atoms with Crippen molar-refractivity contribution in [3.05, 3.63) is 94.5 Å². The molecule has 0 aliphatic heterocycles. The molecule has 0 bridgehead atoms. The molecule has 0 fully saturated rings. The van der Waals surface area contributed by atoms with E-state index in [1.54, 1.807) is 72.1 Å². The number of carbonyl (C=O) groups excluding carboxylic acids is 1. The third kappa shape index (κ3) is 4.33. The Morgan fingerprint density at radius 2 is 1.72 bits per heavy atom. The first kappa shape index (κ1) is 23.0. The van der Waals surface area contributed by atoms with Gasteiger partial charge >= 0.3 is 12.6 Å². The second-order valence-electron chi connectivity index (χ2n) is 7.78. The van der Waals surface area contributed by atoms with Gasteiger partial charge in [0, 0.05) is 12.7 Å². The highest BCUT2D eigenvalue weighted by Gasteiger charge is 2.18. The Hall–Kier alpha value is -4.80. The first-order valence-corrected chi connectivity index (χ1v) is 10.8. The Balaban J connectivity index is 1.38. The summed E-state index contributed by atoms with van der Waals surface area (Å²) < 4.78 is 37.7. The predicted molar refractivity (Wildman–Crippen MR) is 128 cm³/mol. The molecule has 0 saturated heterocycles. The summed E-state index contributed by atoms with van der Waals surface area (Å²) in [6, 6.07) is 19.7. The number of fused-ring (bicyclic) bond motifs is 3. The van der Waals surface area contributed by atoms with Crippen LogP contribution >= 0.6 is 0 Å². The molecule has 3 aromatic carbocycles. The van der Waals surface area contributed by atoms with Gasteiger partial charge in [-0.1, -0.05) is 24.3 Å². The minimum atomic E-state index is -2.91. The number of halogens is 2. The molecule has 2 heterocycles. The van der Waals surface area contributed by atoms with Crippen molar-refractivity contribution >= 4 is 34.0 Å². The molecule has 2 aromatic heterocycles. The van der Waals surface area contributed by atoms with E-state index in [4.69, 9.17) is 4.74 Å². The topological polar surface area (TPSA) is 99.8 Å². The summed E-state index contributed by atoms with van der Waals surface area (Å²) in [4.78, 5) is 25.6. The van der Waals surface area contributed by atoms with E-state index in [1.165, 1.54) is 16.7 Å². The van der Waals surface area contributed by atoms with Crippen molar-refractivity contribution in [1.82, 2.24) is 19.2 Å². The SMILES string of the molecule is Cn1c(=O)c2ccccc2n2c(COC(=O)c3ccccc3Nc3ccc(OC(F)F)cc3)nnc12. The fourth-order valence-electron chi connectivity index (χ4n) is 3.84. The van der Waals surface area contributed by atoms with Gasteiger partial charge in [-0.15, -0.1) is 10.2 Å². The van der Waals surface area contributed by atoms with Crippen molar-refractivity contribution in [2.45, 2.75) is 13.2 Å². The lowest BCUT2D eigenvalue weighted by Gasteiger charge is -2.12. The standard InChI is InChI=1S/C25H19F2N5O4/c1-31-22(33)18-7-3-5-9-20(18)32-21(29-30-25(31)32)14-35-23(34)17-6-2-4-8-19(17)28-15-10-12-16(13-11-15)36-24(26)27/h2-13,24,28H,14H2,1H3. The highest BCUT2D eigenvalue weighted by molar-refractivity contribution is 5.96. The normalized spacial score (nSPS) is 11.2. The molecular weight excluding hydrogens is 472 g/mol. The highest BCUT2D eigenvalue weighted by Crippen LogP contribution is 2.24. The zero-order valence-corrected chi connectivity index (χ0v) is 18.9. The van der Waals surface area contributed by atoms with Crippen LogP contribution in [0.25, 0.3) is 16.7 Å². The van der Waals surface area contributed by atoms with Gasteiger partial charge in [0.1, 0.15) is 5.75 Å². The molecule has 0 saturated carbocycles. The van der Waals surface area contributed by atoms with Crippen molar-refractivity contribution in [3.63, 3.8) is 0 Å². The second kappa shape index (κ2) is 9.45. The minimum Gasteiger partial charge on any atom is -0.454 e. The molecule has 0 amide bonds. The quantitative estimate of drug-likeness (QED) is 0.339. The maximum absolute atomic E-state index is 13.0. The van der Waals surface area contributed by atoms with Crippen LogP contribution in [0.1, 0.15) is 16.2 Å². The number of hydrogen-bond donors (Lipinski definition) is 1. The van der Waals surface area contributed by atoms with Gasteiger partial charge in [-0.25, -0.2) is 4.79 Å². The Bertz CT molecular complexity index is 1630. The molecule has 36 heavy (non-hydrogen) atoms. The monoisotopic (exact) mass is 491 g/mol. The lowest BCUT2D eigenvalue weighted by Crippen LogP contribution is -2.20. The zero-order chi connectivity index (χ0) is 25.2. The van der Waals surface area contributed by atoms with E-state index < -0.39 is 12.6 Å². The van der Waals surface area contributed by atoms with Gasteiger partial charge in [0.15, 0.2) is 12.4 Å². The average Bonchev–Trinajstić information content (AvgIpc) is 3.31. The highest BCUT2D eigenvalue weighted by atomic mass is 19.3. The fourth-order valence-corrected chi connectivity index (χ4v) is 3.84. The van der Waals surface area contributed by atoms with Crippen LogP contribution in [-0.2, 0) is 18.4 Å². The summed E-state index contributed by atoms with van der Waals surface area (Å²) in [6.45, 7) is -3.10. The van der Waals surface area contributed by atoms with Gasteiger partial charge in [0.25, 0.3) is 5.56 Å². The number of carbonyl (C=O) groups is 1. The van der Waals surface area contributed by atoms with E-state index in [9.17, 15) is 18.4 Å². The van der Waals surface area contributed by atoms with Crippen LogP contribution in [0, 0.1) is 0 Å². The molecule has 5 rings (SSSR count). The number of nitrogens with one attached hydrogen (secondary N) is 1. The fraction of sp³-hybridized carbons (Fsp3) is 0.120. The summed E-state index contributed by atoms with van der Waals surface area (Å²) in [5, 5.41) is 11.8. The van der Waals surface area contributed by atoms with Gasteiger partial charge < -0.3 is 14.8 Å². The predicted octanol–water partition coefficient (Wildman–Crippen LogP) is 4.28. The molecule has 11 heteroatoms. The maximum atomic E-state index is 13.0. The van der Waals surface area contributed by atoms with Gasteiger partial charge in [0.05, 0.1) is 22.2 Å². The largest absolute Gasteiger partial charge is 0.454 e.